The van der Waals surface area contributed by atoms with E-state index in [9.17, 15) is 9.59 Å². The van der Waals surface area contributed by atoms with Gasteiger partial charge in [0.15, 0.2) is 0 Å². The van der Waals surface area contributed by atoms with Crippen LogP contribution >= 0.6 is 0 Å². The molecule has 2 aromatic rings. The topological polar surface area (TPSA) is 83.7 Å². The van der Waals surface area contributed by atoms with Crippen LogP contribution in [0.1, 0.15) is 37.2 Å². The molecule has 2 N–H and O–H groups in total. The van der Waals surface area contributed by atoms with Gasteiger partial charge in [0, 0.05) is 18.0 Å². The van der Waals surface area contributed by atoms with Crippen molar-refractivity contribution in [1.82, 2.24) is 9.88 Å². The van der Waals surface area contributed by atoms with Gasteiger partial charge >= 0.3 is 5.97 Å². The molecule has 1 amide bonds. The molecule has 1 aliphatic rings. The molecule has 1 aliphatic heterocycles. The summed E-state index contributed by atoms with van der Waals surface area (Å²) in [6, 6.07) is 5.12. The number of likely N-dealkylation sites (tertiary alicyclic amines) is 1. The van der Waals surface area contributed by atoms with Crippen LogP contribution in [0.5, 0.6) is 5.75 Å². The maximum absolute atomic E-state index is 12.9. The molecule has 2 atom stereocenters. The highest BCUT2D eigenvalue weighted by Crippen LogP contribution is 2.31. The number of ether oxygens (including phenoxy) is 2. The third kappa shape index (κ3) is 3.93. The summed E-state index contributed by atoms with van der Waals surface area (Å²) >= 11 is 0. The number of carbonyl (C=O) groups excluding carboxylic acids is 2. The maximum Gasteiger partial charge on any atom is 0.356 e. The lowest BCUT2D eigenvalue weighted by molar-refractivity contribution is -0.121. The Bertz CT molecular complexity index is 845. The molecular formula is C20H27N3O4. The van der Waals surface area contributed by atoms with Gasteiger partial charge in [0.1, 0.15) is 11.4 Å². The molecule has 3 rings (SSSR count). The average Bonchev–Trinajstić information content (AvgIpc) is 3.04. The average molecular weight is 373 g/mol. The van der Waals surface area contributed by atoms with E-state index < -0.39 is 5.97 Å². The Kier molecular flexibility index (Phi) is 5.70. The van der Waals surface area contributed by atoms with Crippen molar-refractivity contribution in [1.29, 1.82) is 0 Å². The number of nitrogens with zero attached hydrogens (tertiary/aromatic N) is 1. The molecular weight excluding hydrogens is 346 g/mol. The van der Waals surface area contributed by atoms with E-state index in [1.165, 1.54) is 13.5 Å². The number of carbonyl (C=O) groups is 2. The third-order valence-electron chi connectivity index (χ3n) is 5.26. The van der Waals surface area contributed by atoms with Crippen molar-refractivity contribution in [3.05, 3.63) is 23.9 Å². The van der Waals surface area contributed by atoms with Crippen LogP contribution in [0.3, 0.4) is 0 Å². The van der Waals surface area contributed by atoms with Crippen LogP contribution in [0.25, 0.3) is 10.9 Å². The molecule has 1 fully saturated rings. The first-order valence-electron chi connectivity index (χ1n) is 9.27. The van der Waals surface area contributed by atoms with Crippen molar-refractivity contribution in [2.45, 2.75) is 32.7 Å². The second kappa shape index (κ2) is 8.00. The van der Waals surface area contributed by atoms with Crippen molar-refractivity contribution in [3.8, 4) is 5.75 Å². The molecule has 0 radical (unpaired) electrons. The molecule has 0 bridgehead atoms. The van der Waals surface area contributed by atoms with Gasteiger partial charge in [0.2, 0.25) is 5.91 Å². The Hall–Kier alpha value is -2.54. The molecule has 2 heterocycles. The van der Waals surface area contributed by atoms with Crippen LogP contribution in [0.15, 0.2) is 18.2 Å². The summed E-state index contributed by atoms with van der Waals surface area (Å²) in [4.78, 5) is 30.3. The van der Waals surface area contributed by atoms with Crippen molar-refractivity contribution >= 4 is 28.5 Å². The first kappa shape index (κ1) is 19.2. The van der Waals surface area contributed by atoms with Crippen molar-refractivity contribution < 1.29 is 19.1 Å². The lowest BCUT2D eigenvalue weighted by atomic mass is 9.99. The van der Waals surface area contributed by atoms with E-state index in [-0.39, 0.29) is 17.6 Å². The number of H-pyrrole nitrogens is 1. The van der Waals surface area contributed by atoms with Gasteiger partial charge in [0.05, 0.1) is 31.5 Å². The maximum atomic E-state index is 12.9. The summed E-state index contributed by atoms with van der Waals surface area (Å²) in [5, 5.41) is 3.68. The molecule has 1 aromatic heterocycles. The zero-order valence-corrected chi connectivity index (χ0v) is 16.3. The fourth-order valence-corrected chi connectivity index (χ4v) is 3.66. The fraction of sp³-hybridized carbons (Fsp3) is 0.500. The van der Waals surface area contributed by atoms with E-state index in [0.29, 0.717) is 22.9 Å². The van der Waals surface area contributed by atoms with E-state index >= 15 is 0 Å². The number of amides is 1. The second-order valence-electron chi connectivity index (χ2n) is 7.19. The van der Waals surface area contributed by atoms with Crippen LogP contribution in [-0.2, 0) is 9.53 Å². The Morgan fingerprint density at radius 1 is 1.33 bits per heavy atom. The summed E-state index contributed by atoms with van der Waals surface area (Å²) in [5.41, 5.74) is 1.37. The van der Waals surface area contributed by atoms with Gasteiger partial charge in [-0.25, -0.2) is 4.79 Å². The normalized spacial score (nSPS) is 18.9. The number of esters is 1. The van der Waals surface area contributed by atoms with E-state index in [1.807, 2.05) is 13.0 Å². The standard InChI is InChI=1S/C20H27N3O4/c1-12-6-5-9-23(11-12)13(2)19(24)22-17-15-8-7-14(26-3)10-16(15)21-18(17)20(25)27-4/h7-8,10,12-13,21H,5-6,9,11H2,1-4H3,(H,22,24)/t12-,13+/m0/s1. The van der Waals surface area contributed by atoms with Crippen LogP contribution in [0, 0.1) is 5.92 Å². The number of hydrogen-bond donors (Lipinski definition) is 2. The molecule has 0 spiro atoms. The number of anilines is 1. The van der Waals surface area contributed by atoms with Crippen LogP contribution in [-0.4, -0.2) is 55.1 Å². The quantitative estimate of drug-likeness (QED) is 0.787. The van der Waals surface area contributed by atoms with E-state index in [0.717, 1.165) is 24.9 Å². The van der Waals surface area contributed by atoms with E-state index in [4.69, 9.17) is 9.47 Å². The van der Waals surface area contributed by atoms with Crippen LogP contribution in [0.2, 0.25) is 0 Å². The highest BCUT2D eigenvalue weighted by Gasteiger charge is 2.28. The number of hydrogen-bond acceptors (Lipinski definition) is 5. The summed E-state index contributed by atoms with van der Waals surface area (Å²) in [7, 11) is 2.90. The highest BCUT2D eigenvalue weighted by atomic mass is 16.5. The minimum absolute atomic E-state index is 0.133. The number of piperidine rings is 1. The Balaban J connectivity index is 1.90. The zero-order chi connectivity index (χ0) is 19.6. The fourth-order valence-electron chi connectivity index (χ4n) is 3.66. The van der Waals surface area contributed by atoms with E-state index in [1.54, 1.807) is 19.2 Å². The number of benzene rings is 1. The van der Waals surface area contributed by atoms with Gasteiger partial charge < -0.3 is 19.8 Å². The van der Waals surface area contributed by atoms with Gasteiger partial charge in [0.25, 0.3) is 0 Å². The molecule has 27 heavy (non-hydrogen) atoms. The first-order valence-corrected chi connectivity index (χ1v) is 9.27. The van der Waals surface area contributed by atoms with Gasteiger partial charge in [-0.15, -0.1) is 0 Å². The summed E-state index contributed by atoms with van der Waals surface area (Å²) in [6.07, 6.45) is 2.29. The SMILES string of the molecule is COC(=O)c1[nH]c2cc(OC)ccc2c1NC(=O)[C@@H](C)N1CCC[C@H](C)C1. The molecule has 1 saturated heterocycles. The molecule has 1 aromatic carbocycles. The number of methoxy groups -OCH3 is 2. The van der Waals surface area contributed by atoms with Crippen molar-refractivity contribution in [2.24, 2.45) is 5.92 Å². The second-order valence-corrected chi connectivity index (χ2v) is 7.19. The lowest BCUT2D eigenvalue weighted by Crippen LogP contribution is -2.46. The van der Waals surface area contributed by atoms with Crippen molar-refractivity contribution in [2.75, 3.05) is 32.6 Å². The third-order valence-corrected chi connectivity index (χ3v) is 5.26. The molecule has 146 valence electrons. The molecule has 0 unspecified atom stereocenters. The van der Waals surface area contributed by atoms with Gasteiger partial charge in [-0.2, -0.15) is 0 Å². The van der Waals surface area contributed by atoms with Crippen LogP contribution < -0.4 is 10.1 Å². The lowest BCUT2D eigenvalue weighted by Gasteiger charge is -2.34. The molecule has 7 heteroatoms. The number of aromatic nitrogens is 1. The number of aromatic amines is 1. The van der Waals surface area contributed by atoms with Crippen LogP contribution in [0.4, 0.5) is 5.69 Å². The Morgan fingerprint density at radius 3 is 2.78 bits per heavy atom. The zero-order valence-electron chi connectivity index (χ0n) is 16.3. The minimum Gasteiger partial charge on any atom is -0.497 e. The van der Waals surface area contributed by atoms with Gasteiger partial charge in [-0.3, -0.25) is 9.69 Å². The molecule has 0 aliphatic carbocycles. The number of nitrogens with one attached hydrogen (secondary N) is 2. The molecule has 7 nitrogen and oxygen atoms in total. The van der Waals surface area contributed by atoms with E-state index in [2.05, 4.69) is 22.1 Å². The Labute approximate surface area is 159 Å². The highest BCUT2D eigenvalue weighted by molar-refractivity contribution is 6.11. The smallest absolute Gasteiger partial charge is 0.356 e. The van der Waals surface area contributed by atoms with Gasteiger partial charge in [-0.1, -0.05) is 6.92 Å². The number of fused-ring (bicyclic) bond motifs is 1. The number of rotatable bonds is 5. The summed E-state index contributed by atoms with van der Waals surface area (Å²) in [5.74, 6) is 0.583. The molecule has 0 saturated carbocycles. The Morgan fingerprint density at radius 2 is 2.11 bits per heavy atom. The largest absolute Gasteiger partial charge is 0.497 e. The summed E-state index contributed by atoms with van der Waals surface area (Å²) in [6.45, 7) is 5.93. The predicted molar refractivity (Wildman–Crippen MR) is 104 cm³/mol. The first-order chi connectivity index (χ1) is 12.9. The van der Waals surface area contributed by atoms with Gasteiger partial charge in [-0.05, 0) is 44.4 Å². The monoisotopic (exact) mass is 373 g/mol. The predicted octanol–water partition coefficient (Wildman–Crippen LogP) is 3.02. The minimum atomic E-state index is -0.528. The summed E-state index contributed by atoms with van der Waals surface area (Å²) < 4.78 is 10.1. The van der Waals surface area contributed by atoms with Crippen molar-refractivity contribution in [3.63, 3.8) is 0 Å².